The van der Waals surface area contributed by atoms with E-state index >= 15 is 0 Å². The van der Waals surface area contributed by atoms with Crippen LogP contribution >= 0.6 is 0 Å². The standard InChI is InChI=1S/C18H19N3O4/c1-19-10-12-20(13-11-19)18(22)14-2-6-16(7-3-14)25-17-8-4-15(5-9-17)21(23)24/h2-9H,10-13H2,1H3/p+1. The Bertz CT molecular complexity index is 751. The number of benzene rings is 2. The van der Waals surface area contributed by atoms with Crippen molar-refractivity contribution >= 4 is 11.6 Å². The number of likely N-dealkylation sites (N-methyl/N-ethyl adjacent to an activating group) is 1. The lowest BCUT2D eigenvalue weighted by molar-refractivity contribution is -0.883. The lowest BCUT2D eigenvalue weighted by Gasteiger charge is -2.30. The molecule has 0 radical (unpaired) electrons. The van der Waals surface area contributed by atoms with Crippen LogP contribution in [0.15, 0.2) is 48.5 Å². The molecule has 3 rings (SSSR count). The number of piperazine rings is 1. The molecule has 7 nitrogen and oxygen atoms in total. The summed E-state index contributed by atoms with van der Waals surface area (Å²) in [5, 5.41) is 10.6. The van der Waals surface area contributed by atoms with Crippen LogP contribution in [0, 0.1) is 10.1 Å². The van der Waals surface area contributed by atoms with Gasteiger partial charge in [-0.1, -0.05) is 0 Å². The molecule has 1 aliphatic rings. The summed E-state index contributed by atoms with van der Waals surface area (Å²) in [6.45, 7) is 3.47. The maximum Gasteiger partial charge on any atom is 0.269 e. The zero-order valence-corrected chi connectivity index (χ0v) is 14.0. The normalized spacial score (nSPS) is 15.0. The highest BCUT2D eigenvalue weighted by atomic mass is 16.6. The molecule has 0 aromatic heterocycles. The van der Waals surface area contributed by atoms with E-state index in [-0.39, 0.29) is 11.6 Å². The second kappa shape index (κ2) is 7.31. The minimum Gasteiger partial charge on any atom is -0.457 e. The summed E-state index contributed by atoms with van der Waals surface area (Å²) in [5.74, 6) is 1.12. The van der Waals surface area contributed by atoms with Crippen molar-refractivity contribution in [3.63, 3.8) is 0 Å². The lowest BCUT2D eigenvalue weighted by atomic mass is 10.1. The predicted molar refractivity (Wildman–Crippen MR) is 92.1 cm³/mol. The van der Waals surface area contributed by atoms with Gasteiger partial charge in [0, 0.05) is 17.7 Å². The second-order valence-corrected chi connectivity index (χ2v) is 6.13. The van der Waals surface area contributed by atoms with E-state index in [1.807, 2.05) is 4.90 Å². The van der Waals surface area contributed by atoms with Gasteiger partial charge in [-0.05, 0) is 36.4 Å². The highest BCUT2D eigenvalue weighted by Gasteiger charge is 2.22. The Balaban J connectivity index is 1.63. The van der Waals surface area contributed by atoms with Crippen molar-refractivity contribution in [1.82, 2.24) is 4.90 Å². The van der Waals surface area contributed by atoms with Gasteiger partial charge in [0.05, 0.1) is 38.2 Å². The van der Waals surface area contributed by atoms with Gasteiger partial charge in [-0.2, -0.15) is 0 Å². The average molecular weight is 342 g/mol. The molecule has 1 amide bonds. The van der Waals surface area contributed by atoms with Crippen LogP contribution in [0.25, 0.3) is 0 Å². The minimum atomic E-state index is -0.454. The lowest BCUT2D eigenvalue weighted by Crippen LogP contribution is -3.12. The molecule has 130 valence electrons. The molecule has 1 heterocycles. The zero-order valence-electron chi connectivity index (χ0n) is 14.0. The van der Waals surface area contributed by atoms with E-state index in [1.165, 1.54) is 17.0 Å². The summed E-state index contributed by atoms with van der Waals surface area (Å²) in [7, 11) is 2.13. The van der Waals surface area contributed by atoms with E-state index in [4.69, 9.17) is 4.74 Å². The maximum absolute atomic E-state index is 12.5. The molecule has 0 unspecified atom stereocenters. The first kappa shape index (κ1) is 16.9. The highest BCUT2D eigenvalue weighted by Crippen LogP contribution is 2.24. The Hall–Kier alpha value is -2.93. The van der Waals surface area contributed by atoms with Gasteiger partial charge < -0.3 is 14.5 Å². The molecule has 7 heteroatoms. The van der Waals surface area contributed by atoms with Crippen LogP contribution in [0.1, 0.15) is 10.4 Å². The molecule has 1 saturated heterocycles. The monoisotopic (exact) mass is 342 g/mol. The van der Waals surface area contributed by atoms with Crippen LogP contribution in [0.5, 0.6) is 11.5 Å². The molecule has 2 aromatic carbocycles. The first-order valence-electron chi connectivity index (χ1n) is 8.16. The van der Waals surface area contributed by atoms with Crippen LogP contribution in [0.2, 0.25) is 0 Å². The SMILES string of the molecule is C[NH+]1CCN(C(=O)c2ccc(Oc3ccc([N+](=O)[O-])cc3)cc2)CC1. The van der Waals surface area contributed by atoms with Crippen molar-refractivity contribution < 1.29 is 19.4 Å². The van der Waals surface area contributed by atoms with Gasteiger partial charge in [0.2, 0.25) is 0 Å². The van der Waals surface area contributed by atoms with E-state index in [2.05, 4.69) is 7.05 Å². The third kappa shape index (κ3) is 4.13. The van der Waals surface area contributed by atoms with Gasteiger partial charge in [0.1, 0.15) is 11.5 Å². The molecule has 0 aliphatic carbocycles. The number of quaternary nitrogens is 1. The number of nitro benzene ring substituents is 1. The van der Waals surface area contributed by atoms with Crippen LogP contribution in [0.3, 0.4) is 0 Å². The number of nitrogens with one attached hydrogen (secondary N) is 1. The number of carbonyl (C=O) groups excluding carboxylic acids is 1. The summed E-state index contributed by atoms with van der Waals surface area (Å²) in [5.41, 5.74) is 0.651. The molecule has 2 aromatic rings. The molecule has 0 bridgehead atoms. The summed E-state index contributed by atoms with van der Waals surface area (Å²) < 4.78 is 5.66. The fourth-order valence-corrected chi connectivity index (χ4v) is 2.71. The van der Waals surface area contributed by atoms with Gasteiger partial charge in [-0.25, -0.2) is 0 Å². The number of hydrogen-bond donors (Lipinski definition) is 1. The summed E-state index contributed by atoms with van der Waals surface area (Å²) in [6.07, 6.45) is 0. The highest BCUT2D eigenvalue weighted by molar-refractivity contribution is 5.94. The zero-order chi connectivity index (χ0) is 17.8. The molecule has 0 saturated carbocycles. The second-order valence-electron chi connectivity index (χ2n) is 6.13. The number of carbonyl (C=O) groups is 1. The number of amides is 1. The fraction of sp³-hybridized carbons (Fsp3) is 0.278. The number of hydrogen-bond acceptors (Lipinski definition) is 4. The molecule has 0 spiro atoms. The van der Waals surface area contributed by atoms with E-state index in [0.29, 0.717) is 17.1 Å². The van der Waals surface area contributed by atoms with Crippen molar-refractivity contribution in [2.24, 2.45) is 0 Å². The molecule has 1 fully saturated rings. The Morgan fingerprint density at radius 3 is 2.08 bits per heavy atom. The largest absolute Gasteiger partial charge is 0.457 e. The van der Waals surface area contributed by atoms with E-state index in [1.54, 1.807) is 36.4 Å². The van der Waals surface area contributed by atoms with Gasteiger partial charge in [0.25, 0.3) is 11.6 Å². The first-order valence-corrected chi connectivity index (χ1v) is 8.16. The predicted octanol–water partition coefficient (Wildman–Crippen LogP) is 1.36. The van der Waals surface area contributed by atoms with Crippen LogP contribution < -0.4 is 9.64 Å². The van der Waals surface area contributed by atoms with Gasteiger partial charge in [0.15, 0.2) is 0 Å². The molecule has 0 atom stereocenters. The average Bonchev–Trinajstić information content (AvgIpc) is 2.63. The van der Waals surface area contributed by atoms with Gasteiger partial charge in [-0.3, -0.25) is 14.9 Å². The number of ether oxygens (including phenoxy) is 1. The Labute approximate surface area is 145 Å². The fourth-order valence-electron chi connectivity index (χ4n) is 2.71. The molecule has 1 N–H and O–H groups in total. The quantitative estimate of drug-likeness (QED) is 0.672. The molecular formula is C18H20N3O4+. The van der Waals surface area contributed by atoms with Crippen molar-refractivity contribution in [3.05, 3.63) is 64.2 Å². The van der Waals surface area contributed by atoms with Crippen molar-refractivity contribution in [3.8, 4) is 11.5 Å². The van der Waals surface area contributed by atoms with Crippen molar-refractivity contribution in [2.45, 2.75) is 0 Å². The van der Waals surface area contributed by atoms with Crippen LogP contribution in [0.4, 0.5) is 5.69 Å². The summed E-state index contributed by atoms with van der Waals surface area (Å²) >= 11 is 0. The third-order valence-corrected chi connectivity index (χ3v) is 4.29. The topological polar surface area (TPSA) is 77.1 Å². The van der Waals surface area contributed by atoms with Crippen molar-refractivity contribution in [2.75, 3.05) is 33.2 Å². The van der Waals surface area contributed by atoms with Crippen LogP contribution in [-0.4, -0.2) is 49.0 Å². The smallest absolute Gasteiger partial charge is 0.269 e. The Morgan fingerprint density at radius 2 is 1.56 bits per heavy atom. The Morgan fingerprint density at radius 1 is 1.04 bits per heavy atom. The Kier molecular flexibility index (Phi) is 4.95. The number of non-ortho nitro benzene ring substituents is 1. The first-order chi connectivity index (χ1) is 12.0. The van der Waals surface area contributed by atoms with E-state index < -0.39 is 4.92 Å². The summed E-state index contributed by atoms with van der Waals surface area (Å²) in [6, 6.07) is 12.8. The van der Waals surface area contributed by atoms with Gasteiger partial charge in [-0.15, -0.1) is 0 Å². The maximum atomic E-state index is 12.5. The van der Waals surface area contributed by atoms with Gasteiger partial charge >= 0.3 is 0 Å². The van der Waals surface area contributed by atoms with Crippen molar-refractivity contribution in [1.29, 1.82) is 0 Å². The third-order valence-electron chi connectivity index (χ3n) is 4.29. The minimum absolute atomic E-state index is 0.0160. The number of rotatable bonds is 4. The summed E-state index contributed by atoms with van der Waals surface area (Å²) in [4.78, 5) is 26.0. The molecule has 25 heavy (non-hydrogen) atoms. The van der Waals surface area contributed by atoms with E-state index in [0.717, 1.165) is 26.2 Å². The van der Waals surface area contributed by atoms with E-state index in [9.17, 15) is 14.9 Å². The molecular weight excluding hydrogens is 322 g/mol. The molecule has 1 aliphatic heterocycles. The van der Waals surface area contributed by atoms with Crippen LogP contribution in [-0.2, 0) is 0 Å². The number of nitrogens with zero attached hydrogens (tertiary/aromatic N) is 2. The number of nitro groups is 1.